The molecule has 2 aliphatic rings. The number of aliphatic hydroxyl groups is 1. The molecule has 0 saturated heterocycles. The molecule has 2 aliphatic carbocycles. The van der Waals surface area contributed by atoms with Gasteiger partial charge in [-0.2, -0.15) is 0 Å². The molecule has 1 nitrogen and oxygen atoms in total. The Morgan fingerprint density at radius 2 is 2.38 bits per heavy atom. The van der Waals surface area contributed by atoms with Gasteiger partial charge in [0.15, 0.2) is 0 Å². The predicted molar refractivity (Wildman–Crippen MR) is 70.7 cm³/mol. The maximum Gasteiger partial charge on any atom is 0.0493 e. The van der Waals surface area contributed by atoms with E-state index in [0.717, 1.165) is 18.3 Å². The topological polar surface area (TPSA) is 20.2 Å². The van der Waals surface area contributed by atoms with Crippen molar-refractivity contribution in [2.45, 2.75) is 32.1 Å². The molecule has 1 N–H and O–H groups in total. The van der Waals surface area contributed by atoms with Crippen LogP contribution in [0.2, 0.25) is 0 Å². The Hall–Kier alpha value is 0.140. The second-order valence-corrected chi connectivity index (χ2v) is 7.42. The van der Waals surface area contributed by atoms with Crippen LogP contribution in [0.5, 0.6) is 0 Å². The average Bonchev–Trinajstić information content (AvgIpc) is 2.94. The van der Waals surface area contributed by atoms with E-state index in [-0.39, 0.29) is 5.41 Å². The third kappa shape index (κ3) is 1.77. The molecule has 0 aromatic carbocycles. The first kappa shape index (κ1) is 11.2. The minimum atomic E-state index is 0.215. The third-order valence-corrected chi connectivity index (χ3v) is 6.26. The van der Waals surface area contributed by atoms with Gasteiger partial charge in [0.2, 0.25) is 0 Å². The fourth-order valence-electron chi connectivity index (χ4n) is 3.82. The van der Waals surface area contributed by atoms with E-state index in [1.165, 1.54) is 35.0 Å². The molecule has 3 unspecified atom stereocenters. The summed E-state index contributed by atoms with van der Waals surface area (Å²) in [5.41, 5.74) is 0.215. The Morgan fingerprint density at radius 3 is 2.88 bits per heavy atom. The van der Waals surface area contributed by atoms with Crippen LogP contribution in [0, 0.1) is 17.3 Å². The SMILES string of the molecule is OCC1(Cc2cc(Br)cs2)CC2CCC1C2. The normalized spacial score (nSPS) is 37.1. The van der Waals surface area contributed by atoms with Crippen molar-refractivity contribution in [3.63, 3.8) is 0 Å². The van der Waals surface area contributed by atoms with Crippen LogP contribution in [0.15, 0.2) is 15.9 Å². The number of halogens is 1. The third-order valence-electron chi connectivity index (χ3n) is 4.57. The second-order valence-electron chi connectivity index (χ2n) is 5.51. The molecule has 3 rings (SSSR count). The van der Waals surface area contributed by atoms with Gasteiger partial charge in [0.1, 0.15) is 0 Å². The van der Waals surface area contributed by atoms with E-state index in [4.69, 9.17) is 0 Å². The van der Waals surface area contributed by atoms with Crippen molar-refractivity contribution in [2.75, 3.05) is 6.61 Å². The van der Waals surface area contributed by atoms with Gasteiger partial charge in [-0.05, 0) is 59.5 Å². The van der Waals surface area contributed by atoms with Gasteiger partial charge >= 0.3 is 0 Å². The Balaban J connectivity index is 1.81. The van der Waals surface area contributed by atoms with E-state index in [1.54, 1.807) is 0 Å². The molecule has 1 aromatic heterocycles. The summed E-state index contributed by atoms with van der Waals surface area (Å²) < 4.78 is 1.18. The van der Waals surface area contributed by atoms with Crippen LogP contribution in [0.25, 0.3) is 0 Å². The molecular weight excluding hydrogens is 284 g/mol. The summed E-state index contributed by atoms with van der Waals surface area (Å²) in [5, 5.41) is 11.9. The zero-order chi connectivity index (χ0) is 11.2. The molecule has 3 atom stereocenters. The van der Waals surface area contributed by atoms with Gasteiger partial charge in [-0.3, -0.25) is 0 Å². The van der Waals surface area contributed by atoms with Gasteiger partial charge in [-0.25, -0.2) is 0 Å². The molecule has 2 saturated carbocycles. The first-order chi connectivity index (χ1) is 7.72. The summed E-state index contributed by atoms with van der Waals surface area (Å²) in [7, 11) is 0. The van der Waals surface area contributed by atoms with E-state index < -0.39 is 0 Å². The summed E-state index contributed by atoms with van der Waals surface area (Å²) in [6.45, 7) is 0.379. The summed E-state index contributed by atoms with van der Waals surface area (Å²) >= 11 is 5.33. The van der Waals surface area contributed by atoms with Crippen molar-refractivity contribution in [3.8, 4) is 0 Å². The molecule has 1 aromatic rings. The predicted octanol–water partition coefficient (Wildman–Crippen LogP) is 3.85. The minimum Gasteiger partial charge on any atom is -0.396 e. The van der Waals surface area contributed by atoms with Crippen molar-refractivity contribution in [1.29, 1.82) is 0 Å². The van der Waals surface area contributed by atoms with E-state index in [0.29, 0.717) is 6.61 Å². The van der Waals surface area contributed by atoms with Gasteiger partial charge in [0.05, 0.1) is 0 Å². The lowest BCUT2D eigenvalue weighted by Crippen LogP contribution is -2.33. The second kappa shape index (κ2) is 4.11. The van der Waals surface area contributed by atoms with E-state index in [2.05, 4.69) is 27.4 Å². The van der Waals surface area contributed by atoms with Crippen LogP contribution >= 0.6 is 27.3 Å². The number of thiophene rings is 1. The fraction of sp³-hybridized carbons (Fsp3) is 0.692. The Labute approximate surface area is 109 Å². The summed E-state index contributed by atoms with van der Waals surface area (Å²) in [4.78, 5) is 1.42. The number of fused-ring (bicyclic) bond motifs is 2. The zero-order valence-electron chi connectivity index (χ0n) is 9.29. The average molecular weight is 301 g/mol. The maximum absolute atomic E-state index is 9.80. The van der Waals surface area contributed by atoms with Gasteiger partial charge in [0.25, 0.3) is 0 Å². The number of hydrogen-bond donors (Lipinski definition) is 1. The summed E-state index contributed by atoms with van der Waals surface area (Å²) in [6.07, 6.45) is 6.45. The van der Waals surface area contributed by atoms with Crippen LogP contribution in [0.1, 0.15) is 30.6 Å². The van der Waals surface area contributed by atoms with Crippen LogP contribution in [-0.4, -0.2) is 11.7 Å². The summed E-state index contributed by atoms with van der Waals surface area (Å²) in [5.74, 6) is 1.68. The fourth-order valence-corrected chi connectivity index (χ4v) is 5.42. The monoisotopic (exact) mass is 300 g/mol. The zero-order valence-corrected chi connectivity index (χ0v) is 11.7. The van der Waals surface area contributed by atoms with Crippen LogP contribution in [0.4, 0.5) is 0 Å². The smallest absolute Gasteiger partial charge is 0.0493 e. The molecular formula is C13H17BrOS. The first-order valence-electron chi connectivity index (χ1n) is 6.06. The standard InChI is InChI=1S/C13H17BrOS/c14-11-4-12(16-7-11)6-13(8-15)5-9-1-2-10(13)3-9/h4,7,9-10,15H,1-3,5-6,8H2. The van der Waals surface area contributed by atoms with Crippen LogP contribution < -0.4 is 0 Å². The highest BCUT2D eigenvalue weighted by Gasteiger charge is 2.50. The maximum atomic E-state index is 9.80. The molecule has 2 fully saturated rings. The molecule has 0 spiro atoms. The molecule has 0 aliphatic heterocycles. The van der Waals surface area contributed by atoms with E-state index in [9.17, 15) is 5.11 Å². The van der Waals surface area contributed by atoms with Crippen molar-refractivity contribution in [3.05, 3.63) is 20.8 Å². The van der Waals surface area contributed by atoms with E-state index in [1.807, 2.05) is 11.3 Å². The lowest BCUT2D eigenvalue weighted by Gasteiger charge is -2.35. The molecule has 16 heavy (non-hydrogen) atoms. The van der Waals surface area contributed by atoms with Gasteiger partial charge in [0, 0.05) is 26.8 Å². The van der Waals surface area contributed by atoms with Gasteiger partial charge in [-0.1, -0.05) is 6.42 Å². The largest absolute Gasteiger partial charge is 0.396 e. The first-order valence-corrected chi connectivity index (χ1v) is 7.73. The van der Waals surface area contributed by atoms with Crippen LogP contribution in [0.3, 0.4) is 0 Å². The molecule has 0 amide bonds. The number of rotatable bonds is 3. The van der Waals surface area contributed by atoms with Crippen molar-refractivity contribution < 1.29 is 5.11 Å². The summed E-state index contributed by atoms with van der Waals surface area (Å²) in [6, 6.07) is 2.22. The molecule has 88 valence electrons. The molecule has 3 heteroatoms. The highest BCUT2D eigenvalue weighted by Crippen LogP contribution is 2.57. The van der Waals surface area contributed by atoms with Crippen LogP contribution in [-0.2, 0) is 6.42 Å². The number of hydrogen-bond acceptors (Lipinski definition) is 2. The van der Waals surface area contributed by atoms with Crippen molar-refractivity contribution in [1.82, 2.24) is 0 Å². The lowest BCUT2D eigenvalue weighted by molar-refractivity contribution is 0.0659. The highest BCUT2D eigenvalue weighted by molar-refractivity contribution is 9.10. The minimum absolute atomic E-state index is 0.215. The number of aliphatic hydroxyl groups excluding tert-OH is 1. The molecule has 2 bridgehead atoms. The Kier molecular flexibility index (Phi) is 2.89. The molecule has 0 radical (unpaired) electrons. The van der Waals surface area contributed by atoms with Crippen molar-refractivity contribution in [2.24, 2.45) is 17.3 Å². The highest BCUT2D eigenvalue weighted by atomic mass is 79.9. The Bertz CT molecular complexity index is 389. The van der Waals surface area contributed by atoms with E-state index >= 15 is 0 Å². The molecule has 1 heterocycles. The van der Waals surface area contributed by atoms with Gasteiger partial charge < -0.3 is 5.11 Å². The van der Waals surface area contributed by atoms with Crippen molar-refractivity contribution >= 4 is 27.3 Å². The Morgan fingerprint density at radius 1 is 1.50 bits per heavy atom. The lowest BCUT2D eigenvalue weighted by atomic mass is 9.71. The van der Waals surface area contributed by atoms with Gasteiger partial charge in [-0.15, -0.1) is 11.3 Å². The quantitative estimate of drug-likeness (QED) is 0.899.